The van der Waals surface area contributed by atoms with E-state index in [-0.39, 0.29) is 11.4 Å². The van der Waals surface area contributed by atoms with Crippen LogP contribution in [0.3, 0.4) is 0 Å². The maximum Gasteiger partial charge on any atom is 0.417 e. The third kappa shape index (κ3) is 3.96. The van der Waals surface area contributed by atoms with E-state index in [2.05, 4.69) is 27.2 Å². The van der Waals surface area contributed by atoms with Crippen LogP contribution in [0.15, 0.2) is 42.7 Å². The van der Waals surface area contributed by atoms with Gasteiger partial charge in [0.25, 0.3) is 0 Å². The predicted molar refractivity (Wildman–Crippen MR) is 92.4 cm³/mol. The van der Waals surface area contributed by atoms with Crippen molar-refractivity contribution in [1.29, 1.82) is 0 Å². The van der Waals surface area contributed by atoms with E-state index in [0.29, 0.717) is 5.69 Å². The molecule has 0 aliphatic heterocycles. The molecule has 0 saturated carbocycles. The van der Waals surface area contributed by atoms with Gasteiger partial charge in [0.05, 0.1) is 16.1 Å². The number of alkyl halides is 3. The maximum atomic E-state index is 13.2. The Balaban J connectivity index is 1.97. The lowest BCUT2D eigenvalue weighted by Crippen LogP contribution is -2.08. The lowest BCUT2D eigenvalue weighted by atomic mass is 10.1. The van der Waals surface area contributed by atoms with Crippen LogP contribution < -0.4 is 5.32 Å². The quantitative estimate of drug-likeness (QED) is 0.684. The normalized spacial score (nSPS) is 11.5. The van der Waals surface area contributed by atoms with Gasteiger partial charge in [-0.3, -0.25) is 0 Å². The maximum absolute atomic E-state index is 13.2. The first kappa shape index (κ1) is 17.3. The number of halogens is 3. The molecule has 0 aliphatic carbocycles. The van der Waals surface area contributed by atoms with Gasteiger partial charge in [0.15, 0.2) is 11.0 Å². The minimum absolute atomic E-state index is 0.0364. The molecule has 1 aromatic carbocycles. The average Bonchev–Trinajstić information content (AvgIpc) is 3.08. The van der Waals surface area contributed by atoms with Crippen molar-refractivity contribution in [3.8, 4) is 22.0 Å². The summed E-state index contributed by atoms with van der Waals surface area (Å²) < 4.78 is 39.6. The fourth-order valence-corrected chi connectivity index (χ4v) is 3.07. The Morgan fingerprint density at radius 1 is 1.12 bits per heavy atom. The summed E-state index contributed by atoms with van der Waals surface area (Å²) in [6, 6.07) is 6.97. The van der Waals surface area contributed by atoms with Crippen LogP contribution in [-0.4, -0.2) is 21.5 Å². The van der Waals surface area contributed by atoms with E-state index in [1.165, 1.54) is 29.7 Å². The minimum Gasteiger partial charge on any atom is -0.362 e. The Bertz CT molecular complexity index is 861. The topological polar surface area (TPSA) is 50.7 Å². The first-order valence-corrected chi connectivity index (χ1v) is 8.50. The molecule has 2 heterocycles. The monoisotopic (exact) mass is 364 g/mol. The summed E-state index contributed by atoms with van der Waals surface area (Å²) in [5, 5.41) is 3.93. The van der Waals surface area contributed by atoms with Gasteiger partial charge in [-0.25, -0.2) is 15.0 Å². The molecule has 130 valence electrons. The number of benzene rings is 1. The largest absolute Gasteiger partial charge is 0.417 e. The second-order valence-corrected chi connectivity index (χ2v) is 6.30. The van der Waals surface area contributed by atoms with Crippen molar-refractivity contribution >= 4 is 16.5 Å². The molecular formula is C17H15F3N4S. The number of aromatic nitrogens is 3. The second-order valence-electron chi connectivity index (χ2n) is 5.27. The van der Waals surface area contributed by atoms with E-state index in [1.54, 1.807) is 18.3 Å². The zero-order valence-electron chi connectivity index (χ0n) is 13.3. The number of rotatable bonds is 5. The third-order valence-corrected chi connectivity index (χ3v) is 4.39. The molecule has 0 spiro atoms. The van der Waals surface area contributed by atoms with Gasteiger partial charge in [-0.05, 0) is 18.6 Å². The molecule has 0 bridgehead atoms. The minimum atomic E-state index is -4.46. The highest BCUT2D eigenvalue weighted by Gasteiger charge is 2.34. The molecule has 0 radical (unpaired) electrons. The molecule has 0 saturated heterocycles. The van der Waals surface area contributed by atoms with Crippen molar-refractivity contribution in [2.75, 3.05) is 11.9 Å². The molecule has 0 unspecified atom stereocenters. The lowest BCUT2D eigenvalue weighted by Gasteiger charge is -2.11. The Morgan fingerprint density at radius 3 is 2.68 bits per heavy atom. The smallest absolute Gasteiger partial charge is 0.362 e. The SMILES string of the molecule is CCCNc1ncc(-c2ccnc(-c3ccccc3C(F)(F)F)n2)s1. The fourth-order valence-electron chi connectivity index (χ4n) is 2.26. The fraction of sp³-hybridized carbons (Fsp3) is 0.235. The molecule has 0 atom stereocenters. The molecule has 0 fully saturated rings. The van der Waals surface area contributed by atoms with E-state index in [9.17, 15) is 13.2 Å². The van der Waals surface area contributed by atoms with Crippen molar-refractivity contribution < 1.29 is 13.2 Å². The van der Waals surface area contributed by atoms with E-state index in [0.717, 1.165) is 29.0 Å². The zero-order chi connectivity index (χ0) is 17.9. The number of hydrogen-bond acceptors (Lipinski definition) is 5. The molecular weight excluding hydrogens is 349 g/mol. The highest BCUT2D eigenvalue weighted by atomic mass is 32.1. The second kappa shape index (κ2) is 7.18. The molecule has 2 aromatic heterocycles. The molecule has 25 heavy (non-hydrogen) atoms. The van der Waals surface area contributed by atoms with Gasteiger partial charge >= 0.3 is 6.18 Å². The summed E-state index contributed by atoms with van der Waals surface area (Å²) in [4.78, 5) is 13.4. The van der Waals surface area contributed by atoms with Crippen molar-refractivity contribution in [3.05, 3.63) is 48.3 Å². The summed E-state index contributed by atoms with van der Waals surface area (Å²) in [5.41, 5.74) is -0.239. The van der Waals surface area contributed by atoms with Crippen molar-refractivity contribution in [1.82, 2.24) is 15.0 Å². The van der Waals surface area contributed by atoms with Gasteiger partial charge in [-0.1, -0.05) is 36.5 Å². The number of hydrogen-bond donors (Lipinski definition) is 1. The molecule has 0 aliphatic rings. The Hall–Kier alpha value is -2.48. The average molecular weight is 364 g/mol. The van der Waals surface area contributed by atoms with Crippen LogP contribution in [0.4, 0.5) is 18.3 Å². The number of thiazole rings is 1. The molecule has 1 N–H and O–H groups in total. The van der Waals surface area contributed by atoms with E-state index in [1.807, 2.05) is 0 Å². The van der Waals surface area contributed by atoms with Crippen LogP contribution in [0.1, 0.15) is 18.9 Å². The summed E-state index contributed by atoms with van der Waals surface area (Å²) in [6.45, 7) is 2.86. The molecule has 8 heteroatoms. The van der Waals surface area contributed by atoms with Crippen molar-refractivity contribution in [3.63, 3.8) is 0 Å². The van der Waals surface area contributed by atoms with E-state index < -0.39 is 11.7 Å². The number of nitrogens with zero attached hydrogens (tertiary/aromatic N) is 3. The third-order valence-electron chi connectivity index (χ3n) is 3.41. The van der Waals surface area contributed by atoms with Crippen LogP contribution in [0.5, 0.6) is 0 Å². The van der Waals surface area contributed by atoms with E-state index >= 15 is 0 Å². The highest BCUT2D eigenvalue weighted by Crippen LogP contribution is 2.36. The molecule has 4 nitrogen and oxygen atoms in total. The van der Waals surface area contributed by atoms with Crippen molar-refractivity contribution in [2.24, 2.45) is 0 Å². The van der Waals surface area contributed by atoms with Gasteiger partial charge in [0.2, 0.25) is 0 Å². The van der Waals surface area contributed by atoms with Crippen LogP contribution in [0, 0.1) is 0 Å². The van der Waals surface area contributed by atoms with E-state index in [4.69, 9.17) is 0 Å². The van der Waals surface area contributed by atoms with Gasteiger partial charge < -0.3 is 5.32 Å². The van der Waals surface area contributed by atoms with Gasteiger partial charge in [-0.15, -0.1) is 0 Å². The molecule has 3 rings (SSSR count). The van der Waals surface area contributed by atoms with Crippen LogP contribution in [-0.2, 0) is 6.18 Å². The Labute approximate surface area is 146 Å². The first-order valence-electron chi connectivity index (χ1n) is 7.68. The summed E-state index contributed by atoms with van der Waals surface area (Å²) in [7, 11) is 0. The first-order chi connectivity index (χ1) is 12.0. The Kier molecular flexibility index (Phi) is 4.98. The summed E-state index contributed by atoms with van der Waals surface area (Å²) >= 11 is 1.40. The summed E-state index contributed by atoms with van der Waals surface area (Å²) in [6.07, 6.45) is -0.368. The standard InChI is InChI=1S/C17H15F3N4S/c1-2-8-22-16-23-10-14(25-16)13-7-9-21-15(24-13)11-5-3-4-6-12(11)17(18,19)20/h3-7,9-10H,2,8H2,1H3,(H,22,23). The van der Waals surface area contributed by atoms with Gasteiger partial charge in [0.1, 0.15) is 0 Å². The van der Waals surface area contributed by atoms with Crippen molar-refractivity contribution in [2.45, 2.75) is 19.5 Å². The predicted octanol–water partition coefficient (Wildman–Crippen LogP) is 5.11. The Morgan fingerprint density at radius 2 is 1.92 bits per heavy atom. The number of anilines is 1. The van der Waals surface area contributed by atoms with Gasteiger partial charge in [-0.2, -0.15) is 13.2 Å². The zero-order valence-corrected chi connectivity index (χ0v) is 14.2. The van der Waals surface area contributed by atoms with Crippen LogP contribution in [0.25, 0.3) is 22.0 Å². The number of nitrogens with one attached hydrogen (secondary N) is 1. The molecule has 3 aromatic rings. The lowest BCUT2D eigenvalue weighted by molar-refractivity contribution is -0.137. The van der Waals surface area contributed by atoms with Gasteiger partial charge in [0, 0.05) is 24.5 Å². The highest BCUT2D eigenvalue weighted by molar-refractivity contribution is 7.18. The molecule has 0 amide bonds. The van der Waals surface area contributed by atoms with Crippen LogP contribution >= 0.6 is 11.3 Å². The summed E-state index contributed by atoms with van der Waals surface area (Å²) in [5.74, 6) is 0.0434. The van der Waals surface area contributed by atoms with Crippen LogP contribution in [0.2, 0.25) is 0 Å².